The Morgan fingerprint density at radius 3 is 2.33 bits per heavy atom. The molecule has 0 spiro atoms. The van der Waals surface area contributed by atoms with Crippen molar-refractivity contribution in [1.29, 1.82) is 0 Å². The van der Waals surface area contributed by atoms with Gasteiger partial charge in [-0.05, 0) is 32.0 Å². The van der Waals surface area contributed by atoms with Gasteiger partial charge in [0.2, 0.25) is 0 Å². The van der Waals surface area contributed by atoms with Crippen molar-refractivity contribution in [2.24, 2.45) is 5.92 Å². The van der Waals surface area contributed by atoms with Crippen molar-refractivity contribution in [3.8, 4) is 0 Å². The van der Waals surface area contributed by atoms with Gasteiger partial charge < -0.3 is 10.4 Å². The second-order valence-electron chi connectivity index (χ2n) is 4.58. The highest BCUT2D eigenvalue weighted by Crippen LogP contribution is 2.33. The first-order valence-corrected chi connectivity index (χ1v) is 6.73. The molecule has 0 aliphatic carbocycles. The second kappa shape index (κ2) is 6.46. The van der Waals surface area contributed by atoms with Crippen LogP contribution in [0.3, 0.4) is 0 Å². The van der Waals surface area contributed by atoms with Crippen molar-refractivity contribution in [1.82, 2.24) is 5.32 Å². The molecule has 0 saturated heterocycles. The van der Waals surface area contributed by atoms with Gasteiger partial charge in [-0.1, -0.05) is 15.9 Å². The summed E-state index contributed by atoms with van der Waals surface area (Å²) in [4.78, 5) is 22.7. The predicted octanol–water partition coefficient (Wildman–Crippen LogP) is 3.31. The average Bonchev–Trinajstić information content (AvgIpc) is 2.36. The fourth-order valence-electron chi connectivity index (χ4n) is 1.57. The number of alkyl halides is 3. The number of carbonyl (C=O) groups excluding carboxylic acids is 1. The molecule has 8 heteroatoms. The van der Waals surface area contributed by atoms with Gasteiger partial charge in [0.1, 0.15) is 0 Å². The molecule has 0 aliphatic heterocycles. The summed E-state index contributed by atoms with van der Waals surface area (Å²) in [6.07, 6.45) is -4.68. The molecule has 2 atom stereocenters. The maximum absolute atomic E-state index is 12.9. The van der Waals surface area contributed by atoms with E-state index in [1.54, 1.807) is 0 Å². The van der Waals surface area contributed by atoms with Crippen molar-refractivity contribution >= 4 is 27.8 Å². The SMILES string of the molecule is CC(NC(=O)c1ccc(Br)cc1C(F)(F)F)C(C)C(=O)O. The number of benzene rings is 1. The van der Waals surface area contributed by atoms with Crippen LogP contribution in [0, 0.1) is 5.92 Å². The molecular weight excluding hydrogens is 355 g/mol. The van der Waals surface area contributed by atoms with E-state index in [0.29, 0.717) is 0 Å². The Balaban J connectivity index is 3.06. The Bertz CT molecular complexity index is 560. The molecule has 1 amide bonds. The third-order valence-corrected chi connectivity index (χ3v) is 3.52. The lowest BCUT2D eigenvalue weighted by atomic mass is 10.0. The van der Waals surface area contributed by atoms with E-state index in [1.165, 1.54) is 19.9 Å². The Morgan fingerprint density at radius 1 is 1.29 bits per heavy atom. The Morgan fingerprint density at radius 2 is 1.86 bits per heavy atom. The lowest BCUT2D eigenvalue weighted by molar-refractivity contribution is -0.142. The molecule has 1 rings (SSSR count). The summed E-state index contributed by atoms with van der Waals surface area (Å²) in [5, 5.41) is 11.1. The number of rotatable bonds is 4. The van der Waals surface area contributed by atoms with Gasteiger partial charge in [0.25, 0.3) is 5.91 Å². The maximum Gasteiger partial charge on any atom is 0.417 e. The molecule has 1 aromatic carbocycles. The van der Waals surface area contributed by atoms with Gasteiger partial charge in [-0.15, -0.1) is 0 Å². The van der Waals surface area contributed by atoms with E-state index in [9.17, 15) is 22.8 Å². The summed E-state index contributed by atoms with van der Waals surface area (Å²) in [5.74, 6) is -3.02. The molecule has 0 heterocycles. The zero-order valence-electron chi connectivity index (χ0n) is 11.2. The second-order valence-corrected chi connectivity index (χ2v) is 5.49. The van der Waals surface area contributed by atoms with E-state index >= 15 is 0 Å². The monoisotopic (exact) mass is 367 g/mol. The van der Waals surface area contributed by atoms with Crippen LogP contribution in [0.4, 0.5) is 13.2 Å². The van der Waals surface area contributed by atoms with Gasteiger partial charge >= 0.3 is 12.1 Å². The van der Waals surface area contributed by atoms with Gasteiger partial charge in [-0.2, -0.15) is 13.2 Å². The molecular formula is C13H13BrF3NO3. The number of halogens is 4. The van der Waals surface area contributed by atoms with Crippen molar-refractivity contribution < 1.29 is 27.9 Å². The zero-order chi connectivity index (χ0) is 16.4. The van der Waals surface area contributed by atoms with Crippen molar-refractivity contribution in [3.63, 3.8) is 0 Å². The molecule has 1 aromatic rings. The average molecular weight is 368 g/mol. The number of hydrogen-bond acceptors (Lipinski definition) is 2. The van der Waals surface area contributed by atoms with Crippen LogP contribution in [0.25, 0.3) is 0 Å². The number of nitrogens with one attached hydrogen (secondary N) is 1. The van der Waals surface area contributed by atoms with Crippen molar-refractivity contribution in [2.75, 3.05) is 0 Å². The van der Waals surface area contributed by atoms with Crippen molar-refractivity contribution in [3.05, 3.63) is 33.8 Å². The Kier molecular flexibility index (Phi) is 5.38. The number of hydrogen-bond donors (Lipinski definition) is 2. The molecule has 21 heavy (non-hydrogen) atoms. The van der Waals surface area contributed by atoms with E-state index in [1.807, 2.05) is 0 Å². The van der Waals surface area contributed by atoms with Crippen molar-refractivity contribution in [2.45, 2.75) is 26.1 Å². The standard InChI is InChI=1S/C13H13BrF3NO3/c1-6(12(20)21)7(2)18-11(19)9-4-3-8(14)5-10(9)13(15,16)17/h3-7H,1-2H3,(H,18,19)(H,20,21). The summed E-state index contributed by atoms with van der Waals surface area (Å²) in [7, 11) is 0. The number of amides is 1. The highest BCUT2D eigenvalue weighted by atomic mass is 79.9. The lowest BCUT2D eigenvalue weighted by Gasteiger charge is -2.19. The first-order valence-electron chi connectivity index (χ1n) is 5.94. The number of carboxylic acids is 1. The summed E-state index contributed by atoms with van der Waals surface area (Å²) >= 11 is 2.92. The third-order valence-electron chi connectivity index (χ3n) is 3.03. The van der Waals surface area contributed by atoms with Crippen LogP contribution in [0.15, 0.2) is 22.7 Å². The number of carboxylic acid groups (broad SMARTS) is 1. The van der Waals surface area contributed by atoms with Crippen LogP contribution in [0.1, 0.15) is 29.8 Å². The molecule has 116 valence electrons. The molecule has 0 saturated carbocycles. The molecule has 0 fully saturated rings. The van der Waals surface area contributed by atoms with E-state index in [2.05, 4.69) is 21.2 Å². The van der Waals surface area contributed by atoms with Gasteiger partial charge in [0.15, 0.2) is 0 Å². The van der Waals surface area contributed by atoms with Gasteiger partial charge in [0, 0.05) is 10.5 Å². The topological polar surface area (TPSA) is 66.4 Å². The molecule has 0 aromatic heterocycles. The van der Waals surface area contributed by atoms with Gasteiger partial charge in [0.05, 0.1) is 17.0 Å². The summed E-state index contributed by atoms with van der Waals surface area (Å²) in [5.41, 5.74) is -1.63. The van der Waals surface area contributed by atoms with Crippen LogP contribution < -0.4 is 5.32 Å². The van der Waals surface area contributed by atoms with Crippen LogP contribution >= 0.6 is 15.9 Å². The highest BCUT2D eigenvalue weighted by molar-refractivity contribution is 9.10. The van der Waals surface area contributed by atoms with Crippen LogP contribution in [0.2, 0.25) is 0 Å². The Hall–Kier alpha value is -1.57. The van der Waals surface area contributed by atoms with Crippen LogP contribution in [-0.2, 0) is 11.0 Å². The smallest absolute Gasteiger partial charge is 0.417 e. The summed E-state index contributed by atoms with van der Waals surface area (Å²) in [6.45, 7) is 2.78. The summed E-state index contributed by atoms with van der Waals surface area (Å²) in [6, 6.07) is 2.36. The highest BCUT2D eigenvalue weighted by Gasteiger charge is 2.36. The number of aliphatic carboxylic acids is 1. The first kappa shape index (κ1) is 17.5. The first-order chi connectivity index (χ1) is 9.54. The Labute approximate surface area is 127 Å². The van der Waals surface area contributed by atoms with E-state index in [4.69, 9.17) is 5.11 Å². The largest absolute Gasteiger partial charge is 0.481 e. The maximum atomic E-state index is 12.9. The molecule has 4 nitrogen and oxygen atoms in total. The predicted molar refractivity (Wildman–Crippen MR) is 72.9 cm³/mol. The molecule has 0 radical (unpaired) electrons. The number of carbonyl (C=O) groups is 2. The van der Waals surface area contributed by atoms with E-state index in [-0.39, 0.29) is 4.47 Å². The van der Waals surface area contributed by atoms with Gasteiger partial charge in [-0.25, -0.2) is 0 Å². The minimum atomic E-state index is -4.68. The minimum Gasteiger partial charge on any atom is -0.481 e. The molecule has 0 aliphatic rings. The quantitative estimate of drug-likeness (QED) is 0.857. The van der Waals surface area contributed by atoms with Crippen LogP contribution in [-0.4, -0.2) is 23.0 Å². The fraction of sp³-hybridized carbons (Fsp3) is 0.385. The zero-order valence-corrected chi connectivity index (χ0v) is 12.7. The fourth-order valence-corrected chi connectivity index (χ4v) is 1.93. The van der Waals surface area contributed by atoms with Gasteiger partial charge in [-0.3, -0.25) is 9.59 Å². The van der Waals surface area contributed by atoms with E-state index < -0.39 is 41.1 Å². The lowest BCUT2D eigenvalue weighted by Crippen LogP contribution is -2.40. The molecule has 2 unspecified atom stereocenters. The molecule has 2 N–H and O–H groups in total. The molecule has 0 bridgehead atoms. The minimum absolute atomic E-state index is 0.193. The third kappa shape index (κ3) is 4.45. The van der Waals surface area contributed by atoms with Crippen LogP contribution in [0.5, 0.6) is 0 Å². The normalized spacial score (nSPS) is 14.4. The van der Waals surface area contributed by atoms with E-state index in [0.717, 1.165) is 12.1 Å². The summed E-state index contributed by atoms with van der Waals surface area (Å²) < 4.78 is 38.9.